The van der Waals surface area contributed by atoms with Crippen LogP contribution in [0.5, 0.6) is 0 Å². The highest BCUT2D eigenvalue weighted by molar-refractivity contribution is 9.11. The fraction of sp³-hybridized carbons (Fsp3) is 0.333. The molecule has 0 aromatic heterocycles. The standard InChI is InChI=1S/C6H7BrO2/c7-4-1-2-5(8)6(9)3-4/h1-3,5-6,8-9H/t5-,6-/m1/s1. The Morgan fingerprint density at radius 3 is 2.44 bits per heavy atom. The molecule has 0 saturated carbocycles. The Bertz CT molecular complexity index is 162. The lowest BCUT2D eigenvalue weighted by molar-refractivity contribution is 0.0792. The van der Waals surface area contributed by atoms with Crippen molar-refractivity contribution in [2.45, 2.75) is 12.2 Å². The van der Waals surface area contributed by atoms with Crippen LogP contribution in [-0.2, 0) is 0 Å². The molecule has 0 amide bonds. The summed E-state index contributed by atoms with van der Waals surface area (Å²) in [5.74, 6) is 0. The second-order valence-electron chi connectivity index (χ2n) is 1.89. The van der Waals surface area contributed by atoms with Gasteiger partial charge in [0.1, 0.15) is 12.2 Å². The predicted octanol–water partition coefficient (Wildman–Crippen LogP) is 0.557. The van der Waals surface area contributed by atoms with Crippen LogP contribution in [0.3, 0.4) is 0 Å². The van der Waals surface area contributed by atoms with Gasteiger partial charge in [0, 0.05) is 4.48 Å². The van der Waals surface area contributed by atoms with E-state index in [-0.39, 0.29) is 0 Å². The molecular weight excluding hydrogens is 184 g/mol. The highest BCUT2D eigenvalue weighted by Gasteiger charge is 2.13. The van der Waals surface area contributed by atoms with E-state index in [9.17, 15) is 0 Å². The Morgan fingerprint density at radius 2 is 2.00 bits per heavy atom. The largest absolute Gasteiger partial charge is 0.386 e. The van der Waals surface area contributed by atoms with E-state index < -0.39 is 12.2 Å². The first-order chi connectivity index (χ1) is 4.20. The molecule has 0 aliphatic heterocycles. The molecule has 0 saturated heterocycles. The molecule has 0 radical (unpaired) electrons. The van der Waals surface area contributed by atoms with Gasteiger partial charge in [-0.25, -0.2) is 0 Å². The summed E-state index contributed by atoms with van der Waals surface area (Å²) in [6.45, 7) is 0. The van der Waals surface area contributed by atoms with Crippen LogP contribution >= 0.6 is 15.9 Å². The van der Waals surface area contributed by atoms with Crippen LogP contribution in [0.15, 0.2) is 22.7 Å². The van der Waals surface area contributed by atoms with E-state index in [0.29, 0.717) is 0 Å². The van der Waals surface area contributed by atoms with Crippen LogP contribution < -0.4 is 0 Å². The monoisotopic (exact) mass is 190 g/mol. The lowest BCUT2D eigenvalue weighted by Crippen LogP contribution is -2.23. The van der Waals surface area contributed by atoms with Gasteiger partial charge in [0.15, 0.2) is 0 Å². The first-order valence-electron chi connectivity index (χ1n) is 2.62. The molecule has 0 heterocycles. The molecule has 2 N–H and O–H groups in total. The van der Waals surface area contributed by atoms with E-state index in [1.807, 2.05) is 0 Å². The lowest BCUT2D eigenvalue weighted by Gasteiger charge is -2.13. The average Bonchev–Trinajstić information content (AvgIpc) is 1.80. The van der Waals surface area contributed by atoms with E-state index in [2.05, 4.69) is 15.9 Å². The van der Waals surface area contributed by atoms with Crippen LogP contribution in [0.2, 0.25) is 0 Å². The summed E-state index contributed by atoms with van der Waals surface area (Å²) in [6, 6.07) is 0. The summed E-state index contributed by atoms with van der Waals surface area (Å²) in [7, 11) is 0. The summed E-state index contributed by atoms with van der Waals surface area (Å²) < 4.78 is 0.806. The number of hydrogen-bond acceptors (Lipinski definition) is 2. The quantitative estimate of drug-likeness (QED) is 0.587. The van der Waals surface area contributed by atoms with Crippen molar-refractivity contribution >= 4 is 15.9 Å². The maximum atomic E-state index is 8.94. The van der Waals surface area contributed by atoms with E-state index in [0.717, 1.165) is 4.48 Å². The number of allylic oxidation sites excluding steroid dienone is 2. The molecule has 0 aromatic rings. The minimum absolute atomic E-state index is 0.744. The number of halogens is 1. The van der Waals surface area contributed by atoms with Crippen LogP contribution in [-0.4, -0.2) is 22.4 Å². The first-order valence-corrected chi connectivity index (χ1v) is 3.41. The molecule has 9 heavy (non-hydrogen) atoms. The fourth-order valence-electron chi connectivity index (χ4n) is 0.622. The third kappa shape index (κ3) is 1.64. The second-order valence-corrected chi connectivity index (χ2v) is 2.81. The summed E-state index contributed by atoms with van der Waals surface area (Å²) in [5.41, 5.74) is 0. The van der Waals surface area contributed by atoms with Gasteiger partial charge in [-0.3, -0.25) is 0 Å². The highest BCUT2D eigenvalue weighted by Crippen LogP contribution is 2.15. The summed E-state index contributed by atoms with van der Waals surface area (Å²) in [4.78, 5) is 0. The van der Waals surface area contributed by atoms with Gasteiger partial charge in [0.2, 0.25) is 0 Å². The molecule has 50 valence electrons. The number of rotatable bonds is 0. The smallest absolute Gasteiger partial charge is 0.103 e. The van der Waals surface area contributed by atoms with Crippen molar-refractivity contribution in [1.29, 1.82) is 0 Å². The van der Waals surface area contributed by atoms with Gasteiger partial charge in [-0.1, -0.05) is 22.0 Å². The zero-order chi connectivity index (χ0) is 6.85. The lowest BCUT2D eigenvalue weighted by atomic mass is 10.1. The first kappa shape index (κ1) is 6.99. The summed E-state index contributed by atoms with van der Waals surface area (Å²) in [5, 5.41) is 17.8. The SMILES string of the molecule is O[C@@H]1C=CC(Br)=C[C@H]1O. The molecule has 1 aliphatic carbocycles. The van der Waals surface area contributed by atoms with Crippen LogP contribution in [0.25, 0.3) is 0 Å². The number of hydrogen-bond donors (Lipinski definition) is 2. The van der Waals surface area contributed by atoms with E-state index in [1.54, 1.807) is 12.2 Å². The molecule has 2 atom stereocenters. The Hall–Kier alpha value is -0.120. The average molecular weight is 191 g/mol. The number of aliphatic hydroxyl groups is 2. The zero-order valence-corrected chi connectivity index (χ0v) is 6.25. The third-order valence-electron chi connectivity index (χ3n) is 1.13. The third-order valence-corrected chi connectivity index (χ3v) is 1.66. The van der Waals surface area contributed by atoms with Crippen molar-refractivity contribution in [3.8, 4) is 0 Å². The summed E-state index contributed by atoms with van der Waals surface area (Å²) in [6.07, 6.45) is 3.28. The van der Waals surface area contributed by atoms with E-state index >= 15 is 0 Å². The molecule has 2 nitrogen and oxygen atoms in total. The Labute approximate surface area is 61.6 Å². The van der Waals surface area contributed by atoms with Gasteiger partial charge in [-0.2, -0.15) is 0 Å². The molecule has 1 rings (SSSR count). The highest BCUT2D eigenvalue weighted by atomic mass is 79.9. The van der Waals surface area contributed by atoms with Crippen molar-refractivity contribution in [1.82, 2.24) is 0 Å². The van der Waals surface area contributed by atoms with Gasteiger partial charge < -0.3 is 10.2 Å². The molecule has 0 bridgehead atoms. The normalized spacial score (nSPS) is 34.3. The number of aliphatic hydroxyl groups excluding tert-OH is 2. The second kappa shape index (κ2) is 2.64. The van der Waals surface area contributed by atoms with E-state index in [4.69, 9.17) is 10.2 Å². The van der Waals surface area contributed by atoms with Crippen molar-refractivity contribution in [3.63, 3.8) is 0 Å². The molecule has 0 spiro atoms. The van der Waals surface area contributed by atoms with Gasteiger partial charge in [0.05, 0.1) is 0 Å². The minimum Gasteiger partial charge on any atom is -0.386 e. The Morgan fingerprint density at radius 1 is 1.33 bits per heavy atom. The Balaban J connectivity index is 2.70. The van der Waals surface area contributed by atoms with Crippen molar-refractivity contribution < 1.29 is 10.2 Å². The Kier molecular flexibility index (Phi) is 2.05. The maximum absolute atomic E-state index is 8.94. The molecular formula is C6H7BrO2. The van der Waals surface area contributed by atoms with Crippen LogP contribution in [0.4, 0.5) is 0 Å². The van der Waals surface area contributed by atoms with Crippen LogP contribution in [0.1, 0.15) is 0 Å². The maximum Gasteiger partial charge on any atom is 0.103 e. The van der Waals surface area contributed by atoms with Crippen molar-refractivity contribution in [2.75, 3.05) is 0 Å². The predicted molar refractivity (Wildman–Crippen MR) is 38.2 cm³/mol. The molecule has 0 unspecified atom stereocenters. The van der Waals surface area contributed by atoms with Crippen molar-refractivity contribution in [3.05, 3.63) is 22.7 Å². The van der Waals surface area contributed by atoms with Gasteiger partial charge in [0.25, 0.3) is 0 Å². The van der Waals surface area contributed by atoms with E-state index in [1.165, 1.54) is 6.08 Å². The van der Waals surface area contributed by atoms with Crippen LogP contribution in [0, 0.1) is 0 Å². The van der Waals surface area contributed by atoms with Gasteiger partial charge in [-0.15, -0.1) is 0 Å². The molecule has 1 aliphatic rings. The van der Waals surface area contributed by atoms with Gasteiger partial charge in [-0.05, 0) is 12.2 Å². The fourth-order valence-corrected chi connectivity index (χ4v) is 1.05. The van der Waals surface area contributed by atoms with Crippen molar-refractivity contribution in [2.24, 2.45) is 0 Å². The van der Waals surface area contributed by atoms with Gasteiger partial charge >= 0.3 is 0 Å². The topological polar surface area (TPSA) is 40.5 Å². The molecule has 0 fully saturated rings. The molecule has 0 aromatic carbocycles. The zero-order valence-electron chi connectivity index (χ0n) is 4.66. The summed E-state index contributed by atoms with van der Waals surface area (Å²) >= 11 is 3.16. The molecule has 3 heteroatoms. The minimum atomic E-state index is -0.760.